The molecule has 0 heterocycles. The van der Waals surface area contributed by atoms with E-state index in [1.165, 1.54) is 6.42 Å². The number of carbonyl (C=O) groups is 3. The van der Waals surface area contributed by atoms with Crippen LogP contribution in [0.25, 0.3) is 0 Å². The number of hydrazine groups is 1. The minimum Gasteiger partial charge on any atom is -0.390 e. The molecule has 0 aliphatic heterocycles. The monoisotopic (exact) mass is 697 g/mol. The Hall–Kier alpha value is -1.76. The smallest absolute Gasteiger partial charge is 0.225 e. The lowest BCUT2D eigenvalue weighted by molar-refractivity contribution is -0.143. The molecule has 0 saturated heterocycles. The first kappa shape index (κ1) is 40.7. The standard InChI is InChI=1S/C36H67N5O6S/c1-6-19-40(20-7-2)36(45)31-23-29(22-30(24-31)35(44)39(4)5)34(43)37-32(21-27-15-11-9-12-16-27)33(42)25-41(8-3)38-48(46,47)26-28-17-13-10-14-18-28/h27-33,38,42H,6-26H2,1-5H3,(H,37,43). The Labute approximate surface area is 291 Å². The zero-order chi connectivity index (χ0) is 35.3. The van der Waals surface area contributed by atoms with E-state index in [4.69, 9.17) is 0 Å². The van der Waals surface area contributed by atoms with E-state index in [-0.39, 0.29) is 35.9 Å². The minimum atomic E-state index is -3.58. The van der Waals surface area contributed by atoms with Crippen LogP contribution in [-0.2, 0) is 24.4 Å². The van der Waals surface area contributed by atoms with Gasteiger partial charge in [0.05, 0.1) is 17.9 Å². The number of nitrogens with zero attached hydrogens (tertiary/aromatic N) is 3. The molecule has 3 amide bonds. The number of nitrogens with one attached hydrogen (secondary N) is 2. The summed E-state index contributed by atoms with van der Waals surface area (Å²) in [6.45, 7) is 7.67. The Kier molecular flexibility index (Phi) is 17.1. The van der Waals surface area contributed by atoms with Crippen LogP contribution in [0.3, 0.4) is 0 Å². The van der Waals surface area contributed by atoms with Gasteiger partial charge < -0.3 is 20.2 Å². The van der Waals surface area contributed by atoms with E-state index in [0.717, 1.165) is 70.6 Å². The van der Waals surface area contributed by atoms with E-state index in [2.05, 4.69) is 10.1 Å². The highest BCUT2D eigenvalue weighted by molar-refractivity contribution is 7.89. The number of likely N-dealkylation sites (N-methyl/N-ethyl adjacent to an activating group) is 1. The quantitative estimate of drug-likeness (QED) is 0.182. The number of hydrogen-bond donors (Lipinski definition) is 3. The maximum atomic E-state index is 14.1. The Morgan fingerprint density at radius 2 is 1.29 bits per heavy atom. The maximum Gasteiger partial charge on any atom is 0.225 e. The molecule has 0 bridgehead atoms. The zero-order valence-electron chi connectivity index (χ0n) is 30.6. The van der Waals surface area contributed by atoms with E-state index in [0.29, 0.717) is 51.2 Å². The maximum absolute atomic E-state index is 14.1. The molecule has 12 heteroatoms. The summed E-state index contributed by atoms with van der Waals surface area (Å²) in [5.74, 6) is -1.07. The second kappa shape index (κ2) is 20.2. The molecule has 48 heavy (non-hydrogen) atoms. The van der Waals surface area contributed by atoms with E-state index < -0.39 is 39.9 Å². The summed E-state index contributed by atoms with van der Waals surface area (Å²) in [5, 5.41) is 16.4. The number of hydrogen-bond acceptors (Lipinski definition) is 7. The number of amides is 3. The average molecular weight is 698 g/mol. The van der Waals surface area contributed by atoms with Crippen molar-refractivity contribution >= 4 is 27.7 Å². The third-order valence-corrected chi connectivity index (χ3v) is 12.3. The highest BCUT2D eigenvalue weighted by Crippen LogP contribution is 2.36. The molecule has 0 aromatic rings. The third kappa shape index (κ3) is 12.8. The van der Waals surface area contributed by atoms with Crippen LogP contribution in [-0.4, -0.2) is 104 Å². The van der Waals surface area contributed by atoms with Gasteiger partial charge in [-0.15, -0.1) is 4.83 Å². The highest BCUT2D eigenvalue weighted by atomic mass is 32.2. The zero-order valence-corrected chi connectivity index (χ0v) is 31.4. The van der Waals surface area contributed by atoms with Gasteiger partial charge in [0.15, 0.2) is 0 Å². The lowest BCUT2D eigenvalue weighted by Gasteiger charge is -2.38. The van der Waals surface area contributed by atoms with E-state index in [1.807, 2.05) is 25.7 Å². The molecule has 3 aliphatic rings. The molecule has 0 aromatic heterocycles. The molecular formula is C36H67N5O6S. The molecule has 0 spiro atoms. The third-order valence-electron chi connectivity index (χ3n) is 10.9. The van der Waals surface area contributed by atoms with Crippen LogP contribution in [0, 0.1) is 29.6 Å². The fourth-order valence-electron chi connectivity index (χ4n) is 8.31. The summed E-state index contributed by atoms with van der Waals surface area (Å²) in [7, 11) is -0.155. The van der Waals surface area contributed by atoms with Crippen molar-refractivity contribution in [3.8, 4) is 0 Å². The van der Waals surface area contributed by atoms with Crippen LogP contribution < -0.4 is 10.1 Å². The summed E-state index contributed by atoms with van der Waals surface area (Å²) in [6.07, 6.45) is 13.1. The van der Waals surface area contributed by atoms with Gasteiger partial charge in [0.2, 0.25) is 27.7 Å². The van der Waals surface area contributed by atoms with Gasteiger partial charge in [-0.1, -0.05) is 72.1 Å². The molecule has 3 N–H and O–H groups in total. The molecule has 3 rings (SSSR count). The van der Waals surface area contributed by atoms with E-state index >= 15 is 0 Å². The van der Waals surface area contributed by atoms with Gasteiger partial charge in [-0.05, 0) is 63.2 Å². The Morgan fingerprint density at radius 3 is 1.81 bits per heavy atom. The molecule has 11 nitrogen and oxygen atoms in total. The molecule has 278 valence electrons. The van der Waals surface area contributed by atoms with Crippen LogP contribution in [0.2, 0.25) is 0 Å². The molecular weight excluding hydrogens is 630 g/mol. The lowest BCUT2D eigenvalue weighted by Crippen LogP contribution is -2.55. The Morgan fingerprint density at radius 1 is 0.771 bits per heavy atom. The van der Waals surface area contributed by atoms with Gasteiger partial charge in [-0.25, -0.2) is 13.4 Å². The van der Waals surface area contributed by atoms with Gasteiger partial charge in [0.25, 0.3) is 0 Å². The number of rotatable bonds is 18. The lowest BCUT2D eigenvalue weighted by atomic mass is 9.73. The molecule has 0 aromatic carbocycles. The van der Waals surface area contributed by atoms with Crippen LogP contribution >= 0.6 is 0 Å². The fraction of sp³-hybridized carbons (Fsp3) is 0.917. The predicted octanol–water partition coefficient (Wildman–Crippen LogP) is 4.31. The predicted molar refractivity (Wildman–Crippen MR) is 190 cm³/mol. The van der Waals surface area contributed by atoms with Crippen molar-refractivity contribution in [2.75, 3.05) is 46.0 Å². The molecule has 3 aliphatic carbocycles. The van der Waals surface area contributed by atoms with Crippen molar-refractivity contribution in [1.82, 2.24) is 25.0 Å². The van der Waals surface area contributed by atoms with Gasteiger partial charge in [-0.2, -0.15) is 0 Å². The van der Waals surface area contributed by atoms with Crippen molar-refractivity contribution < 1.29 is 27.9 Å². The first-order chi connectivity index (χ1) is 22.9. The van der Waals surface area contributed by atoms with Gasteiger partial charge in [0.1, 0.15) is 0 Å². The van der Waals surface area contributed by atoms with Crippen molar-refractivity contribution in [2.24, 2.45) is 29.6 Å². The molecule has 3 saturated carbocycles. The molecule has 0 radical (unpaired) electrons. The van der Waals surface area contributed by atoms with Crippen molar-refractivity contribution in [1.29, 1.82) is 0 Å². The summed E-state index contributed by atoms with van der Waals surface area (Å²) in [6, 6.07) is -0.576. The Bertz CT molecular complexity index is 1100. The molecule has 5 unspecified atom stereocenters. The number of aliphatic hydroxyl groups is 1. The first-order valence-corrected chi connectivity index (χ1v) is 20.8. The van der Waals surface area contributed by atoms with Gasteiger partial charge >= 0.3 is 0 Å². The minimum absolute atomic E-state index is 0.0191. The van der Waals surface area contributed by atoms with Crippen LogP contribution in [0.15, 0.2) is 0 Å². The van der Waals surface area contributed by atoms with Crippen molar-refractivity contribution in [3.63, 3.8) is 0 Å². The van der Waals surface area contributed by atoms with Crippen LogP contribution in [0.5, 0.6) is 0 Å². The highest BCUT2D eigenvalue weighted by Gasteiger charge is 2.41. The summed E-state index contributed by atoms with van der Waals surface area (Å²) in [4.78, 5) is 47.2. The summed E-state index contributed by atoms with van der Waals surface area (Å²) in [5.41, 5.74) is 0. The second-order valence-electron chi connectivity index (χ2n) is 15.2. The van der Waals surface area contributed by atoms with Crippen LogP contribution in [0.1, 0.15) is 124 Å². The summed E-state index contributed by atoms with van der Waals surface area (Å²) < 4.78 is 26.2. The average Bonchev–Trinajstić information content (AvgIpc) is 3.07. The van der Waals surface area contributed by atoms with E-state index in [1.54, 1.807) is 24.0 Å². The molecule has 3 fully saturated rings. The number of carbonyl (C=O) groups excluding carboxylic acids is 3. The fourth-order valence-corrected chi connectivity index (χ4v) is 9.93. The SMILES string of the molecule is CCCN(CCC)C(=O)C1CC(C(=O)NC(CC2CCCCC2)C(O)CN(CC)NS(=O)(=O)CC2CCCCC2)CC(C(=O)N(C)C)C1. The van der Waals surface area contributed by atoms with E-state index in [9.17, 15) is 27.9 Å². The Balaban J connectivity index is 1.76. The number of aliphatic hydroxyl groups excluding tert-OH is 1. The normalized spacial score (nSPS) is 24.2. The van der Waals surface area contributed by atoms with Gasteiger partial charge in [0, 0.05) is 58.0 Å². The molecule has 5 atom stereocenters. The number of sulfonamides is 1. The topological polar surface area (TPSA) is 139 Å². The first-order valence-electron chi connectivity index (χ1n) is 19.1. The van der Waals surface area contributed by atoms with Crippen molar-refractivity contribution in [3.05, 3.63) is 0 Å². The van der Waals surface area contributed by atoms with Crippen molar-refractivity contribution in [2.45, 2.75) is 136 Å². The largest absolute Gasteiger partial charge is 0.390 e. The summed E-state index contributed by atoms with van der Waals surface area (Å²) >= 11 is 0. The van der Waals surface area contributed by atoms with Crippen LogP contribution in [0.4, 0.5) is 0 Å². The van der Waals surface area contributed by atoms with Gasteiger partial charge in [-0.3, -0.25) is 14.4 Å². The second-order valence-corrected chi connectivity index (χ2v) is 16.9.